The van der Waals surface area contributed by atoms with Gasteiger partial charge in [0.25, 0.3) is 0 Å². The first-order chi connectivity index (χ1) is 9.60. The Labute approximate surface area is 132 Å². The molecule has 1 N–H and O–H groups in total. The van der Waals surface area contributed by atoms with E-state index < -0.39 is 6.10 Å². The Kier molecular flexibility index (Phi) is 5.46. The maximum Gasteiger partial charge on any atom is 0.118 e. The second-order valence-electron chi connectivity index (χ2n) is 4.58. The third-order valence-corrected chi connectivity index (χ3v) is 4.41. The van der Waals surface area contributed by atoms with Crippen molar-refractivity contribution in [2.24, 2.45) is 0 Å². The fourth-order valence-corrected chi connectivity index (χ4v) is 2.50. The van der Waals surface area contributed by atoms with Gasteiger partial charge in [-0.3, -0.25) is 0 Å². The minimum absolute atomic E-state index is 0.495. The molecule has 2 rings (SSSR count). The van der Waals surface area contributed by atoms with Crippen molar-refractivity contribution in [3.63, 3.8) is 0 Å². The van der Waals surface area contributed by atoms with E-state index in [-0.39, 0.29) is 0 Å². The Morgan fingerprint density at radius 2 is 1.90 bits per heavy atom. The highest BCUT2D eigenvalue weighted by Crippen LogP contribution is 2.28. The number of aryl methyl sites for hydroxylation is 1. The summed E-state index contributed by atoms with van der Waals surface area (Å²) in [7, 11) is 1.65. The quantitative estimate of drug-likeness (QED) is 0.836. The highest BCUT2D eigenvalue weighted by atomic mass is 79.9. The molecule has 0 spiro atoms. The van der Waals surface area contributed by atoms with Crippen LogP contribution in [0.2, 0.25) is 5.02 Å². The Balaban J connectivity index is 1.96. The predicted octanol–water partition coefficient (Wildman–Crippen LogP) is 4.78. The van der Waals surface area contributed by atoms with Gasteiger partial charge in [0.1, 0.15) is 5.75 Å². The molecule has 0 radical (unpaired) electrons. The summed E-state index contributed by atoms with van der Waals surface area (Å²) in [6, 6.07) is 13.4. The number of halogens is 2. The van der Waals surface area contributed by atoms with Crippen LogP contribution in [0.4, 0.5) is 0 Å². The number of hydrogen-bond donors (Lipinski definition) is 1. The van der Waals surface area contributed by atoms with E-state index in [9.17, 15) is 5.11 Å². The van der Waals surface area contributed by atoms with Crippen molar-refractivity contribution < 1.29 is 9.84 Å². The summed E-state index contributed by atoms with van der Waals surface area (Å²) in [6.07, 6.45) is 0.983. The standard InChI is InChI=1S/C16H16BrClO2/c1-20-13-6-2-11(3-7-13)4-9-16(19)12-5-8-15(18)14(17)10-12/h2-3,5-8,10,16,19H,4,9H2,1H3. The van der Waals surface area contributed by atoms with Gasteiger partial charge in [0.2, 0.25) is 0 Å². The molecule has 106 valence electrons. The number of ether oxygens (including phenoxy) is 1. The minimum atomic E-state index is -0.495. The van der Waals surface area contributed by atoms with E-state index in [4.69, 9.17) is 16.3 Å². The zero-order valence-electron chi connectivity index (χ0n) is 11.1. The van der Waals surface area contributed by atoms with Gasteiger partial charge < -0.3 is 9.84 Å². The largest absolute Gasteiger partial charge is 0.497 e. The fraction of sp³-hybridized carbons (Fsp3) is 0.250. The van der Waals surface area contributed by atoms with Crippen LogP contribution >= 0.6 is 27.5 Å². The zero-order valence-corrected chi connectivity index (χ0v) is 13.5. The highest BCUT2D eigenvalue weighted by Gasteiger charge is 2.09. The van der Waals surface area contributed by atoms with Crippen molar-refractivity contribution in [1.82, 2.24) is 0 Å². The smallest absolute Gasteiger partial charge is 0.118 e. The third-order valence-electron chi connectivity index (χ3n) is 3.19. The van der Waals surface area contributed by atoms with E-state index in [1.165, 1.54) is 5.56 Å². The van der Waals surface area contributed by atoms with Crippen LogP contribution in [0.15, 0.2) is 46.9 Å². The van der Waals surface area contributed by atoms with Gasteiger partial charge in [0, 0.05) is 4.47 Å². The van der Waals surface area contributed by atoms with Crippen LogP contribution in [0.5, 0.6) is 5.75 Å². The zero-order chi connectivity index (χ0) is 14.5. The van der Waals surface area contributed by atoms with E-state index in [1.807, 2.05) is 36.4 Å². The molecular weight excluding hydrogens is 340 g/mol. The molecule has 2 aromatic rings. The summed E-state index contributed by atoms with van der Waals surface area (Å²) < 4.78 is 5.93. The van der Waals surface area contributed by atoms with Crippen molar-refractivity contribution in [2.45, 2.75) is 18.9 Å². The summed E-state index contributed by atoms with van der Waals surface area (Å²) in [6.45, 7) is 0. The number of benzene rings is 2. The van der Waals surface area contributed by atoms with Gasteiger partial charge in [-0.05, 0) is 64.2 Å². The first kappa shape index (κ1) is 15.4. The van der Waals surface area contributed by atoms with Gasteiger partial charge >= 0.3 is 0 Å². The van der Waals surface area contributed by atoms with Crippen molar-refractivity contribution in [3.8, 4) is 5.75 Å². The molecule has 0 aliphatic rings. The lowest BCUT2D eigenvalue weighted by molar-refractivity contribution is 0.168. The number of aliphatic hydroxyl groups is 1. The summed E-state index contributed by atoms with van der Waals surface area (Å²) >= 11 is 9.32. The van der Waals surface area contributed by atoms with E-state index >= 15 is 0 Å². The van der Waals surface area contributed by atoms with Crippen LogP contribution in [0.3, 0.4) is 0 Å². The first-order valence-corrected chi connectivity index (χ1v) is 7.53. The van der Waals surface area contributed by atoms with Gasteiger partial charge in [-0.15, -0.1) is 0 Å². The van der Waals surface area contributed by atoms with Gasteiger partial charge in [0.15, 0.2) is 0 Å². The van der Waals surface area contributed by atoms with E-state index in [0.29, 0.717) is 11.4 Å². The molecule has 0 aliphatic heterocycles. The van der Waals surface area contributed by atoms with Gasteiger partial charge in [-0.1, -0.05) is 29.8 Å². The van der Waals surface area contributed by atoms with Crippen molar-refractivity contribution in [1.29, 1.82) is 0 Å². The fourth-order valence-electron chi connectivity index (χ4n) is 1.98. The Morgan fingerprint density at radius 3 is 2.50 bits per heavy atom. The van der Waals surface area contributed by atoms with Crippen LogP contribution in [-0.4, -0.2) is 12.2 Å². The molecule has 0 saturated heterocycles. The summed E-state index contributed by atoms with van der Waals surface area (Å²) in [5, 5.41) is 10.9. The molecule has 2 aromatic carbocycles. The molecular formula is C16H16BrClO2. The molecule has 0 amide bonds. The molecule has 1 atom stereocenters. The molecule has 0 saturated carbocycles. The van der Waals surface area contributed by atoms with E-state index in [1.54, 1.807) is 13.2 Å². The summed E-state index contributed by atoms with van der Waals surface area (Å²) in [4.78, 5) is 0. The normalized spacial score (nSPS) is 12.2. The second kappa shape index (κ2) is 7.11. The lowest BCUT2D eigenvalue weighted by atomic mass is 10.0. The Morgan fingerprint density at radius 1 is 1.20 bits per heavy atom. The van der Waals surface area contributed by atoms with Crippen molar-refractivity contribution in [2.75, 3.05) is 7.11 Å². The maximum atomic E-state index is 10.2. The second-order valence-corrected chi connectivity index (χ2v) is 5.84. The molecule has 0 bridgehead atoms. The third kappa shape index (κ3) is 3.98. The van der Waals surface area contributed by atoms with Crippen molar-refractivity contribution >= 4 is 27.5 Å². The average Bonchev–Trinajstić information content (AvgIpc) is 2.48. The monoisotopic (exact) mass is 354 g/mol. The Bertz CT molecular complexity index is 569. The van der Waals surface area contributed by atoms with Crippen LogP contribution in [-0.2, 0) is 6.42 Å². The molecule has 0 fully saturated rings. The molecule has 20 heavy (non-hydrogen) atoms. The lowest BCUT2D eigenvalue weighted by Crippen LogP contribution is -2.00. The van der Waals surface area contributed by atoms with Crippen LogP contribution in [0.25, 0.3) is 0 Å². The summed E-state index contributed by atoms with van der Waals surface area (Å²) in [5.74, 6) is 0.843. The molecule has 4 heteroatoms. The molecule has 0 aliphatic carbocycles. The van der Waals surface area contributed by atoms with Crippen LogP contribution in [0, 0.1) is 0 Å². The summed E-state index contributed by atoms with van der Waals surface area (Å²) in [5.41, 5.74) is 2.05. The number of rotatable bonds is 5. The predicted molar refractivity (Wildman–Crippen MR) is 85.4 cm³/mol. The molecule has 1 unspecified atom stereocenters. The van der Waals surface area contributed by atoms with Crippen molar-refractivity contribution in [3.05, 3.63) is 63.1 Å². The highest BCUT2D eigenvalue weighted by molar-refractivity contribution is 9.10. The van der Waals surface area contributed by atoms with E-state index in [2.05, 4.69) is 15.9 Å². The lowest BCUT2D eigenvalue weighted by Gasteiger charge is -2.12. The van der Waals surface area contributed by atoms with Crippen LogP contribution < -0.4 is 4.74 Å². The number of methoxy groups -OCH3 is 1. The topological polar surface area (TPSA) is 29.5 Å². The van der Waals surface area contributed by atoms with Gasteiger partial charge in [0.05, 0.1) is 18.2 Å². The molecule has 2 nitrogen and oxygen atoms in total. The molecule has 0 aromatic heterocycles. The van der Waals surface area contributed by atoms with E-state index in [0.717, 1.165) is 22.2 Å². The Hall–Kier alpha value is -1.03. The number of aliphatic hydroxyl groups excluding tert-OH is 1. The van der Waals surface area contributed by atoms with Gasteiger partial charge in [-0.25, -0.2) is 0 Å². The SMILES string of the molecule is COc1ccc(CCC(O)c2ccc(Cl)c(Br)c2)cc1. The van der Waals surface area contributed by atoms with Gasteiger partial charge in [-0.2, -0.15) is 0 Å². The first-order valence-electron chi connectivity index (χ1n) is 6.36. The number of hydrogen-bond acceptors (Lipinski definition) is 2. The average molecular weight is 356 g/mol. The minimum Gasteiger partial charge on any atom is -0.497 e. The van der Waals surface area contributed by atoms with Crippen LogP contribution in [0.1, 0.15) is 23.7 Å². The molecule has 0 heterocycles. The maximum absolute atomic E-state index is 10.2.